The van der Waals surface area contributed by atoms with Crippen molar-refractivity contribution in [2.24, 2.45) is 0 Å². The van der Waals surface area contributed by atoms with E-state index in [0.717, 1.165) is 0 Å². The van der Waals surface area contributed by atoms with Crippen LogP contribution in [0.3, 0.4) is 0 Å². The summed E-state index contributed by atoms with van der Waals surface area (Å²) >= 11 is 5.92. The van der Waals surface area contributed by atoms with Gasteiger partial charge in [-0.15, -0.1) is 0 Å². The van der Waals surface area contributed by atoms with Crippen molar-refractivity contribution in [2.45, 2.75) is 12.7 Å². The monoisotopic (exact) mass is 337 g/mol. The lowest BCUT2D eigenvalue weighted by Gasteiger charge is -2.39. The molecule has 1 aliphatic rings. The van der Waals surface area contributed by atoms with Gasteiger partial charge in [0.05, 0.1) is 18.3 Å². The van der Waals surface area contributed by atoms with Crippen LogP contribution in [0.25, 0.3) is 0 Å². The lowest BCUT2D eigenvalue weighted by atomic mass is 10.1. The van der Waals surface area contributed by atoms with Gasteiger partial charge in [-0.1, -0.05) is 29.8 Å². The summed E-state index contributed by atoms with van der Waals surface area (Å²) in [6.07, 6.45) is -0.133. The average molecular weight is 338 g/mol. The summed E-state index contributed by atoms with van der Waals surface area (Å²) in [4.78, 5) is 13.6. The van der Waals surface area contributed by atoms with Crippen molar-refractivity contribution in [3.63, 3.8) is 0 Å². The van der Waals surface area contributed by atoms with Crippen molar-refractivity contribution in [2.75, 3.05) is 13.1 Å². The van der Waals surface area contributed by atoms with Gasteiger partial charge in [-0.3, -0.25) is 4.79 Å². The summed E-state index contributed by atoms with van der Waals surface area (Å²) in [6, 6.07) is 10.0. The highest BCUT2D eigenvalue weighted by molar-refractivity contribution is 6.31. The van der Waals surface area contributed by atoms with Gasteiger partial charge in [-0.25, -0.2) is 8.78 Å². The molecular weight excluding hydrogens is 324 g/mol. The standard InChI is InChI=1S/C17H14ClF2NO2/c18-15-7-12(19)6-5-11(15)10-23-13-8-21(9-13)17(22)14-3-1-2-4-16(14)20/h1-7,13H,8-10H2. The quantitative estimate of drug-likeness (QED) is 0.852. The summed E-state index contributed by atoms with van der Waals surface area (Å²) in [5.41, 5.74) is 0.750. The van der Waals surface area contributed by atoms with Crippen molar-refractivity contribution < 1.29 is 18.3 Å². The average Bonchev–Trinajstić information content (AvgIpc) is 2.47. The molecule has 1 saturated heterocycles. The first-order valence-electron chi connectivity index (χ1n) is 7.14. The molecule has 0 atom stereocenters. The van der Waals surface area contributed by atoms with Gasteiger partial charge in [-0.2, -0.15) is 0 Å². The largest absolute Gasteiger partial charge is 0.370 e. The second-order valence-corrected chi connectivity index (χ2v) is 5.77. The number of ether oxygens (including phenoxy) is 1. The van der Waals surface area contributed by atoms with Gasteiger partial charge in [-0.05, 0) is 29.8 Å². The van der Waals surface area contributed by atoms with Gasteiger partial charge in [0.25, 0.3) is 5.91 Å². The number of carbonyl (C=O) groups is 1. The summed E-state index contributed by atoms with van der Waals surface area (Å²) in [5.74, 6) is -1.27. The van der Waals surface area contributed by atoms with Crippen LogP contribution < -0.4 is 0 Å². The highest BCUT2D eigenvalue weighted by atomic mass is 35.5. The smallest absolute Gasteiger partial charge is 0.257 e. The van der Waals surface area contributed by atoms with Crippen molar-refractivity contribution >= 4 is 17.5 Å². The summed E-state index contributed by atoms with van der Waals surface area (Å²) < 4.78 is 32.2. The number of rotatable bonds is 4. The number of amides is 1. The fourth-order valence-corrected chi connectivity index (χ4v) is 2.58. The van der Waals surface area contributed by atoms with E-state index in [0.29, 0.717) is 23.7 Å². The Morgan fingerprint density at radius 2 is 1.96 bits per heavy atom. The van der Waals surface area contributed by atoms with Crippen LogP contribution in [0.1, 0.15) is 15.9 Å². The Bertz CT molecular complexity index is 732. The molecule has 0 aromatic heterocycles. The zero-order valence-electron chi connectivity index (χ0n) is 12.1. The first-order valence-corrected chi connectivity index (χ1v) is 7.51. The molecule has 1 fully saturated rings. The van der Waals surface area contributed by atoms with E-state index in [-0.39, 0.29) is 24.2 Å². The molecule has 0 aliphatic carbocycles. The highest BCUT2D eigenvalue weighted by Gasteiger charge is 2.32. The molecule has 120 valence electrons. The van der Waals surface area contributed by atoms with Crippen LogP contribution in [0, 0.1) is 11.6 Å². The van der Waals surface area contributed by atoms with E-state index in [9.17, 15) is 13.6 Å². The Hall–Kier alpha value is -1.98. The molecule has 0 bridgehead atoms. The molecule has 23 heavy (non-hydrogen) atoms. The van der Waals surface area contributed by atoms with E-state index in [2.05, 4.69) is 0 Å². The molecule has 0 saturated carbocycles. The summed E-state index contributed by atoms with van der Waals surface area (Å²) in [7, 11) is 0. The van der Waals surface area contributed by atoms with Gasteiger partial charge in [0.2, 0.25) is 0 Å². The van der Waals surface area contributed by atoms with Crippen molar-refractivity contribution in [3.8, 4) is 0 Å². The Morgan fingerprint density at radius 1 is 1.22 bits per heavy atom. The van der Waals surface area contributed by atoms with Crippen molar-refractivity contribution in [1.82, 2.24) is 4.90 Å². The minimum atomic E-state index is -0.528. The minimum Gasteiger partial charge on any atom is -0.370 e. The van der Waals surface area contributed by atoms with Gasteiger partial charge in [0, 0.05) is 18.1 Å². The van der Waals surface area contributed by atoms with Crippen LogP contribution in [0.2, 0.25) is 5.02 Å². The number of halogens is 3. The number of hydrogen-bond acceptors (Lipinski definition) is 2. The third-order valence-electron chi connectivity index (χ3n) is 3.73. The van der Waals surface area contributed by atoms with E-state index < -0.39 is 11.6 Å². The predicted molar refractivity (Wildman–Crippen MR) is 82.3 cm³/mol. The molecular formula is C17H14ClF2NO2. The third kappa shape index (κ3) is 3.51. The second-order valence-electron chi connectivity index (χ2n) is 5.36. The summed E-state index contributed by atoms with van der Waals surface area (Å²) in [5, 5.41) is 0.309. The Balaban J connectivity index is 1.51. The fourth-order valence-electron chi connectivity index (χ4n) is 2.36. The maximum atomic E-state index is 13.6. The highest BCUT2D eigenvalue weighted by Crippen LogP contribution is 2.22. The first-order chi connectivity index (χ1) is 11.0. The minimum absolute atomic E-state index is 0.0625. The predicted octanol–water partition coefficient (Wildman–Crippen LogP) is 3.66. The molecule has 0 unspecified atom stereocenters. The number of carbonyl (C=O) groups excluding carboxylic acids is 1. The Kier molecular flexibility index (Phi) is 4.59. The van der Waals surface area contributed by atoms with Gasteiger partial charge in [0.15, 0.2) is 0 Å². The third-order valence-corrected chi connectivity index (χ3v) is 4.08. The van der Waals surface area contributed by atoms with Gasteiger partial charge >= 0.3 is 0 Å². The lowest BCUT2D eigenvalue weighted by Crippen LogP contribution is -2.54. The van der Waals surface area contributed by atoms with E-state index >= 15 is 0 Å². The molecule has 1 amide bonds. The number of nitrogens with zero attached hydrogens (tertiary/aromatic N) is 1. The maximum Gasteiger partial charge on any atom is 0.257 e. The molecule has 0 spiro atoms. The Labute approximate surface area is 137 Å². The van der Waals surface area contributed by atoms with E-state index in [4.69, 9.17) is 16.3 Å². The van der Waals surface area contributed by atoms with Crippen LogP contribution in [0.15, 0.2) is 42.5 Å². The zero-order chi connectivity index (χ0) is 16.4. The van der Waals surface area contributed by atoms with Crippen LogP contribution in [-0.4, -0.2) is 30.0 Å². The van der Waals surface area contributed by atoms with Crippen LogP contribution in [-0.2, 0) is 11.3 Å². The van der Waals surface area contributed by atoms with Crippen LogP contribution in [0.4, 0.5) is 8.78 Å². The maximum absolute atomic E-state index is 13.6. The van der Waals surface area contributed by atoms with E-state index in [1.807, 2.05) is 0 Å². The number of likely N-dealkylation sites (tertiary alicyclic amines) is 1. The van der Waals surface area contributed by atoms with Crippen molar-refractivity contribution in [3.05, 3.63) is 70.2 Å². The van der Waals surface area contributed by atoms with Gasteiger partial charge in [0.1, 0.15) is 11.6 Å². The van der Waals surface area contributed by atoms with E-state index in [1.165, 1.54) is 29.2 Å². The second kappa shape index (κ2) is 6.64. The van der Waals surface area contributed by atoms with Crippen LogP contribution in [0.5, 0.6) is 0 Å². The Morgan fingerprint density at radius 3 is 2.65 bits per heavy atom. The summed E-state index contributed by atoms with van der Waals surface area (Å²) in [6.45, 7) is 1.03. The first kappa shape index (κ1) is 15.9. The molecule has 2 aromatic rings. The molecule has 0 N–H and O–H groups in total. The molecule has 3 nitrogen and oxygen atoms in total. The SMILES string of the molecule is O=C(c1ccccc1F)N1CC(OCc2ccc(F)cc2Cl)C1. The number of benzene rings is 2. The molecule has 1 aliphatic heterocycles. The van der Waals surface area contributed by atoms with Crippen molar-refractivity contribution in [1.29, 1.82) is 0 Å². The normalized spacial score (nSPS) is 14.7. The molecule has 0 radical (unpaired) electrons. The van der Waals surface area contributed by atoms with Crippen LogP contribution >= 0.6 is 11.6 Å². The van der Waals surface area contributed by atoms with E-state index in [1.54, 1.807) is 18.2 Å². The number of hydrogen-bond donors (Lipinski definition) is 0. The molecule has 2 aromatic carbocycles. The molecule has 3 rings (SSSR count). The molecule has 1 heterocycles. The van der Waals surface area contributed by atoms with Gasteiger partial charge < -0.3 is 9.64 Å². The zero-order valence-corrected chi connectivity index (χ0v) is 12.9. The molecule has 6 heteroatoms. The lowest BCUT2D eigenvalue weighted by molar-refractivity contribution is -0.0504. The fraction of sp³-hybridized carbons (Fsp3) is 0.235. The topological polar surface area (TPSA) is 29.5 Å².